The van der Waals surface area contributed by atoms with Crippen LogP contribution >= 0.6 is 11.6 Å². The van der Waals surface area contributed by atoms with Crippen molar-refractivity contribution >= 4 is 17.1 Å². The molecule has 0 fully saturated rings. The van der Waals surface area contributed by atoms with Crippen molar-refractivity contribution in [2.75, 3.05) is 0 Å². The molecule has 6 heteroatoms. The Balaban J connectivity index is 2.15. The Morgan fingerprint density at radius 2 is 2.11 bits per heavy atom. The van der Waals surface area contributed by atoms with E-state index in [0.717, 1.165) is 16.8 Å². The first-order chi connectivity index (χ1) is 8.68. The standard InChI is InChI=1S/C12H12ClN5/c1-17-12(9(13)7-15-17)11(14)8-6-16-18-5-3-2-4-10(8)18/h2-7,11H,14H2,1H3. The summed E-state index contributed by atoms with van der Waals surface area (Å²) in [6, 6.07) is 5.52. The molecule has 18 heavy (non-hydrogen) atoms. The first-order valence-corrected chi connectivity index (χ1v) is 5.91. The summed E-state index contributed by atoms with van der Waals surface area (Å²) in [7, 11) is 1.83. The van der Waals surface area contributed by atoms with E-state index in [1.54, 1.807) is 21.6 Å². The second-order valence-corrected chi connectivity index (χ2v) is 4.52. The molecular weight excluding hydrogens is 250 g/mol. The van der Waals surface area contributed by atoms with Crippen LogP contribution in [0.25, 0.3) is 5.52 Å². The predicted molar refractivity (Wildman–Crippen MR) is 69.4 cm³/mol. The highest BCUT2D eigenvalue weighted by molar-refractivity contribution is 6.31. The molecule has 0 amide bonds. The summed E-state index contributed by atoms with van der Waals surface area (Å²) in [5, 5.41) is 8.95. The Kier molecular flexibility index (Phi) is 2.57. The van der Waals surface area contributed by atoms with E-state index in [1.807, 2.05) is 31.4 Å². The highest BCUT2D eigenvalue weighted by Gasteiger charge is 2.20. The van der Waals surface area contributed by atoms with Gasteiger partial charge in [0.2, 0.25) is 0 Å². The Hall–Kier alpha value is -1.85. The maximum absolute atomic E-state index is 6.27. The molecule has 0 aromatic carbocycles. The SMILES string of the molecule is Cn1ncc(Cl)c1C(N)c1cnn2ccccc12. The maximum Gasteiger partial charge on any atom is 0.0837 e. The second kappa shape index (κ2) is 4.12. The number of nitrogens with two attached hydrogens (primary N) is 1. The van der Waals surface area contributed by atoms with E-state index in [4.69, 9.17) is 17.3 Å². The number of nitrogens with zero attached hydrogens (tertiary/aromatic N) is 4. The van der Waals surface area contributed by atoms with Gasteiger partial charge in [0.15, 0.2) is 0 Å². The van der Waals surface area contributed by atoms with Crippen LogP contribution in [0, 0.1) is 0 Å². The fraction of sp³-hybridized carbons (Fsp3) is 0.167. The minimum absolute atomic E-state index is 0.343. The van der Waals surface area contributed by atoms with Gasteiger partial charge in [0.1, 0.15) is 0 Å². The van der Waals surface area contributed by atoms with Crippen molar-refractivity contribution in [1.82, 2.24) is 19.4 Å². The fourth-order valence-corrected chi connectivity index (χ4v) is 2.39. The lowest BCUT2D eigenvalue weighted by atomic mass is 10.1. The van der Waals surface area contributed by atoms with Crippen LogP contribution in [0.3, 0.4) is 0 Å². The second-order valence-electron chi connectivity index (χ2n) is 4.11. The number of pyridine rings is 1. The van der Waals surface area contributed by atoms with Crippen LogP contribution in [-0.2, 0) is 7.05 Å². The van der Waals surface area contributed by atoms with E-state index in [-0.39, 0.29) is 6.04 Å². The molecule has 3 heterocycles. The summed E-state index contributed by atoms with van der Waals surface area (Å²) >= 11 is 6.12. The zero-order valence-electron chi connectivity index (χ0n) is 9.79. The summed E-state index contributed by atoms with van der Waals surface area (Å²) in [6.45, 7) is 0. The normalized spacial score (nSPS) is 13.1. The molecule has 0 aliphatic heterocycles. The quantitative estimate of drug-likeness (QED) is 0.765. The molecule has 0 bridgehead atoms. The average molecular weight is 262 g/mol. The molecule has 0 radical (unpaired) electrons. The Morgan fingerprint density at radius 3 is 2.83 bits per heavy atom. The fourth-order valence-electron chi connectivity index (χ4n) is 2.11. The third-order valence-corrected chi connectivity index (χ3v) is 3.31. The smallest absolute Gasteiger partial charge is 0.0837 e. The van der Waals surface area contributed by atoms with Crippen molar-refractivity contribution in [2.45, 2.75) is 6.04 Å². The van der Waals surface area contributed by atoms with Crippen LogP contribution in [0.5, 0.6) is 0 Å². The van der Waals surface area contributed by atoms with Crippen LogP contribution in [0.1, 0.15) is 17.3 Å². The van der Waals surface area contributed by atoms with Gasteiger partial charge in [0.05, 0.1) is 34.7 Å². The highest BCUT2D eigenvalue weighted by Crippen LogP contribution is 2.28. The van der Waals surface area contributed by atoms with E-state index in [9.17, 15) is 0 Å². The van der Waals surface area contributed by atoms with Gasteiger partial charge in [0.25, 0.3) is 0 Å². The maximum atomic E-state index is 6.27. The molecule has 0 aliphatic rings. The van der Waals surface area contributed by atoms with Crippen molar-refractivity contribution in [2.24, 2.45) is 12.8 Å². The highest BCUT2D eigenvalue weighted by atomic mass is 35.5. The predicted octanol–water partition coefficient (Wildman–Crippen LogP) is 1.77. The van der Waals surface area contributed by atoms with Gasteiger partial charge in [-0.2, -0.15) is 10.2 Å². The third-order valence-electron chi connectivity index (χ3n) is 3.02. The van der Waals surface area contributed by atoms with Crippen LogP contribution in [0.4, 0.5) is 0 Å². The number of halogens is 1. The third kappa shape index (κ3) is 1.60. The number of hydrogen-bond acceptors (Lipinski definition) is 3. The Bertz CT molecular complexity index is 680. The molecule has 3 rings (SSSR count). The molecule has 5 nitrogen and oxygen atoms in total. The van der Waals surface area contributed by atoms with E-state index in [2.05, 4.69) is 10.2 Å². The summed E-state index contributed by atoms with van der Waals surface area (Å²) in [4.78, 5) is 0. The van der Waals surface area contributed by atoms with E-state index >= 15 is 0 Å². The molecule has 3 aromatic heterocycles. The number of aromatic nitrogens is 4. The molecule has 0 spiro atoms. The van der Waals surface area contributed by atoms with Gasteiger partial charge in [-0.15, -0.1) is 0 Å². The lowest BCUT2D eigenvalue weighted by Crippen LogP contribution is -2.16. The van der Waals surface area contributed by atoms with E-state index in [0.29, 0.717) is 5.02 Å². The first kappa shape index (κ1) is 11.3. The topological polar surface area (TPSA) is 61.1 Å². The minimum Gasteiger partial charge on any atom is -0.319 e. The van der Waals surface area contributed by atoms with Gasteiger partial charge in [0, 0.05) is 18.8 Å². The monoisotopic (exact) mass is 261 g/mol. The number of rotatable bonds is 2. The van der Waals surface area contributed by atoms with Crippen molar-refractivity contribution in [3.05, 3.63) is 53.1 Å². The lowest BCUT2D eigenvalue weighted by Gasteiger charge is -2.11. The van der Waals surface area contributed by atoms with Crippen LogP contribution in [0.2, 0.25) is 5.02 Å². The lowest BCUT2D eigenvalue weighted by molar-refractivity contribution is 0.675. The number of fused-ring (bicyclic) bond motifs is 1. The summed E-state index contributed by atoms with van der Waals surface area (Å²) in [6.07, 6.45) is 5.25. The van der Waals surface area contributed by atoms with Gasteiger partial charge < -0.3 is 5.73 Å². The molecule has 1 atom stereocenters. The van der Waals surface area contributed by atoms with Gasteiger partial charge >= 0.3 is 0 Å². The zero-order valence-corrected chi connectivity index (χ0v) is 10.5. The minimum atomic E-state index is -0.343. The number of hydrogen-bond donors (Lipinski definition) is 1. The molecule has 0 saturated heterocycles. The van der Waals surface area contributed by atoms with E-state index < -0.39 is 0 Å². The van der Waals surface area contributed by atoms with Crippen molar-refractivity contribution in [1.29, 1.82) is 0 Å². The Morgan fingerprint density at radius 1 is 1.28 bits per heavy atom. The van der Waals surface area contributed by atoms with Crippen LogP contribution < -0.4 is 5.73 Å². The summed E-state index contributed by atoms with van der Waals surface area (Å²) < 4.78 is 3.49. The molecule has 0 saturated carbocycles. The molecule has 3 aromatic rings. The van der Waals surface area contributed by atoms with Crippen LogP contribution in [0.15, 0.2) is 36.8 Å². The summed E-state index contributed by atoms with van der Waals surface area (Å²) in [5.74, 6) is 0. The largest absolute Gasteiger partial charge is 0.319 e. The average Bonchev–Trinajstić information content (AvgIpc) is 2.93. The Labute approximate surface area is 109 Å². The van der Waals surface area contributed by atoms with E-state index in [1.165, 1.54) is 0 Å². The van der Waals surface area contributed by atoms with Crippen molar-refractivity contribution in [3.8, 4) is 0 Å². The van der Waals surface area contributed by atoms with Gasteiger partial charge in [-0.05, 0) is 12.1 Å². The van der Waals surface area contributed by atoms with Crippen molar-refractivity contribution < 1.29 is 0 Å². The first-order valence-electron chi connectivity index (χ1n) is 5.53. The van der Waals surface area contributed by atoms with Gasteiger partial charge in [-0.3, -0.25) is 4.68 Å². The molecule has 92 valence electrons. The van der Waals surface area contributed by atoms with Crippen LogP contribution in [-0.4, -0.2) is 19.4 Å². The molecular formula is C12H12ClN5. The molecule has 0 aliphatic carbocycles. The number of aryl methyl sites for hydroxylation is 1. The van der Waals surface area contributed by atoms with Crippen molar-refractivity contribution in [3.63, 3.8) is 0 Å². The van der Waals surface area contributed by atoms with Gasteiger partial charge in [-0.25, -0.2) is 4.52 Å². The molecule has 1 unspecified atom stereocenters. The molecule has 2 N–H and O–H groups in total. The summed E-state index contributed by atoms with van der Waals surface area (Å²) in [5.41, 5.74) is 8.97. The zero-order chi connectivity index (χ0) is 12.7. The van der Waals surface area contributed by atoms with Gasteiger partial charge in [-0.1, -0.05) is 17.7 Å².